The first-order chi connectivity index (χ1) is 30.9. The third kappa shape index (κ3) is 36.5. The maximum atomic E-state index is 11.9. The van der Waals surface area contributed by atoms with E-state index in [0.717, 1.165) is 127 Å². The van der Waals surface area contributed by atoms with Crippen LogP contribution in [-0.4, -0.2) is 84.3 Å². The number of carbonyl (C=O) groups is 4. The second-order valence-corrected chi connectivity index (χ2v) is 17.6. The summed E-state index contributed by atoms with van der Waals surface area (Å²) in [6, 6.07) is 20.0. The van der Waals surface area contributed by atoms with Gasteiger partial charge < -0.3 is 38.7 Å². The molecule has 0 aliphatic rings. The number of carboxylic acids is 2. The fraction of sp³-hybridized carbons (Fsp3) is 0.704. The van der Waals surface area contributed by atoms with Crippen LogP contribution in [0.1, 0.15) is 231 Å². The minimum Gasteiger partial charge on any atom is -0.550 e. The van der Waals surface area contributed by atoms with Gasteiger partial charge in [0.1, 0.15) is 0 Å². The molecule has 2 aromatic rings. The fourth-order valence-corrected chi connectivity index (χ4v) is 7.99. The number of carboxylic acid groups (broad SMARTS) is 2. The van der Waals surface area contributed by atoms with Crippen LogP contribution in [-0.2, 0) is 51.3 Å². The third-order valence-electron chi connectivity index (χ3n) is 11.5. The van der Waals surface area contributed by atoms with Gasteiger partial charge in [-0.05, 0) is 62.5 Å². The van der Waals surface area contributed by atoms with Crippen LogP contribution in [0.3, 0.4) is 0 Å². The zero-order valence-corrected chi connectivity index (χ0v) is 45.6. The van der Waals surface area contributed by atoms with Gasteiger partial charge in [0.2, 0.25) is 11.6 Å². The average molecular weight is 1030 g/mol. The molecule has 0 aliphatic heterocycles. The molecule has 0 aromatic heterocycles. The normalized spacial score (nSPS) is 12.7. The Bertz CT molecular complexity index is 1350. The zero-order chi connectivity index (χ0) is 47.0. The van der Waals surface area contributed by atoms with E-state index in [4.69, 9.17) is 18.9 Å². The smallest absolute Gasteiger partial charge is 0.550 e. The first-order valence-corrected chi connectivity index (χ1v) is 25.1. The Morgan fingerprint density at radius 2 is 0.677 bits per heavy atom. The minimum atomic E-state index is -0.961. The minimum absolute atomic E-state index is 0. The zero-order valence-electron chi connectivity index (χ0n) is 41.2. The van der Waals surface area contributed by atoms with Gasteiger partial charge in [0, 0.05) is 51.5 Å². The molecular weight excluding hydrogens is 946 g/mol. The van der Waals surface area contributed by atoms with Crippen molar-refractivity contribution in [2.75, 3.05) is 0 Å². The van der Waals surface area contributed by atoms with Crippen LogP contribution < -0.4 is 10.2 Å². The Hall–Kier alpha value is -2.19. The first kappa shape index (κ1) is 62.8. The van der Waals surface area contributed by atoms with Crippen LogP contribution in [0.5, 0.6) is 0 Å². The molecule has 364 valence electrons. The summed E-state index contributed by atoms with van der Waals surface area (Å²) >= 11 is 0. The van der Waals surface area contributed by atoms with Crippen LogP contribution in [0.4, 0.5) is 0 Å². The molecule has 0 radical (unpaired) electrons. The van der Waals surface area contributed by atoms with E-state index in [0.29, 0.717) is 38.9 Å². The van der Waals surface area contributed by atoms with E-state index >= 15 is 0 Å². The summed E-state index contributed by atoms with van der Waals surface area (Å²) in [5.74, 6) is -4.22. The summed E-state index contributed by atoms with van der Waals surface area (Å²) in [5.41, 5.74) is 2.15. The van der Waals surface area contributed by atoms with Gasteiger partial charge in [-0.15, -0.1) is 0 Å². The quantitative estimate of drug-likeness (QED) is 0.0273. The number of esters is 2. The molecule has 11 heteroatoms. The van der Waals surface area contributed by atoms with Gasteiger partial charge in [0.05, 0.1) is 13.2 Å². The standard InChI is InChI=1S/2C27H44O5.Ba/c2*1-3-4-5-10-16-21-27(32-24(2)28,31-23-25-18-13-12-14-19-25)22-17-11-8-6-7-9-15-20-26(29)30;/h2*12-14,18-19H,3-11,15-17,20-23H2,1-2H3,(H,29,30);/q;;+2/p-2. The number of hydrogen-bond acceptors (Lipinski definition) is 10. The summed E-state index contributed by atoms with van der Waals surface area (Å²) in [7, 11) is 0. The summed E-state index contributed by atoms with van der Waals surface area (Å²) in [6.45, 7) is 8.20. The number of unbranched alkanes of at least 4 members (excludes halogenated alkanes) is 20. The molecule has 0 aliphatic carbocycles. The second kappa shape index (κ2) is 42.0. The molecule has 0 N–H and O–H groups in total. The molecule has 0 heterocycles. The van der Waals surface area contributed by atoms with E-state index in [9.17, 15) is 29.4 Å². The predicted octanol–water partition coefficient (Wildman–Crippen LogP) is 11.8. The maximum Gasteiger partial charge on any atom is 2.00 e. The van der Waals surface area contributed by atoms with Crippen LogP contribution in [0.25, 0.3) is 0 Å². The van der Waals surface area contributed by atoms with Crippen molar-refractivity contribution >= 4 is 72.8 Å². The number of hydrogen-bond donors (Lipinski definition) is 0. The third-order valence-corrected chi connectivity index (χ3v) is 11.5. The van der Waals surface area contributed by atoms with Gasteiger partial charge in [-0.25, -0.2) is 0 Å². The largest absolute Gasteiger partial charge is 2.00 e. The van der Waals surface area contributed by atoms with Gasteiger partial charge in [0.25, 0.3) is 0 Å². The van der Waals surface area contributed by atoms with Crippen molar-refractivity contribution in [3.8, 4) is 0 Å². The van der Waals surface area contributed by atoms with Crippen molar-refractivity contribution in [1.82, 2.24) is 0 Å². The van der Waals surface area contributed by atoms with E-state index in [1.165, 1.54) is 52.4 Å². The van der Waals surface area contributed by atoms with Gasteiger partial charge in [-0.2, -0.15) is 0 Å². The number of rotatable bonds is 40. The van der Waals surface area contributed by atoms with Crippen molar-refractivity contribution < 1.29 is 48.3 Å². The topological polar surface area (TPSA) is 151 Å². The SMILES string of the molecule is CCCCCCCC(CCCCCCCCCC(=O)[O-])(OCc1ccccc1)OC(C)=O.CCCCCCCC(CCCCCCCCCC(=O)[O-])(OCc1ccccc1)OC(C)=O.[Ba+2]. The van der Waals surface area contributed by atoms with E-state index in [2.05, 4.69) is 13.8 Å². The number of benzene rings is 2. The fourth-order valence-electron chi connectivity index (χ4n) is 7.99. The Labute approximate surface area is 434 Å². The van der Waals surface area contributed by atoms with Crippen LogP contribution in [0.15, 0.2) is 60.7 Å². The molecule has 10 nitrogen and oxygen atoms in total. The van der Waals surface area contributed by atoms with Crippen molar-refractivity contribution in [3.63, 3.8) is 0 Å². The first-order valence-electron chi connectivity index (χ1n) is 25.1. The Morgan fingerprint density at radius 3 is 0.938 bits per heavy atom. The number of aliphatic carboxylic acids is 2. The molecule has 0 saturated carbocycles. The monoisotopic (exact) mass is 1030 g/mol. The summed E-state index contributed by atoms with van der Waals surface area (Å²) in [4.78, 5) is 44.8. The second-order valence-electron chi connectivity index (χ2n) is 17.6. The predicted molar refractivity (Wildman–Crippen MR) is 257 cm³/mol. The maximum absolute atomic E-state index is 11.9. The molecule has 0 spiro atoms. The van der Waals surface area contributed by atoms with Crippen LogP contribution in [0, 0.1) is 0 Å². The molecule has 2 aromatic carbocycles. The summed E-state index contributed by atoms with van der Waals surface area (Å²) < 4.78 is 24.3. The average Bonchev–Trinajstić information content (AvgIpc) is 3.26. The van der Waals surface area contributed by atoms with Crippen LogP contribution in [0.2, 0.25) is 0 Å². The molecule has 65 heavy (non-hydrogen) atoms. The Kier molecular flexibility index (Phi) is 40.5. The molecule has 0 saturated heterocycles. The molecule has 0 bridgehead atoms. The van der Waals surface area contributed by atoms with E-state index in [-0.39, 0.29) is 73.7 Å². The van der Waals surface area contributed by atoms with Gasteiger partial charge in [-0.1, -0.05) is 190 Å². The van der Waals surface area contributed by atoms with Crippen molar-refractivity contribution in [2.24, 2.45) is 0 Å². The van der Waals surface area contributed by atoms with Crippen LogP contribution >= 0.6 is 0 Å². The number of carbonyl (C=O) groups excluding carboxylic acids is 4. The molecule has 0 fully saturated rings. The molecule has 2 unspecified atom stereocenters. The Balaban J connectivity index is 0.00000124. The van der Waals surface area contributed by atoms with Crippen molar-refractivity contribution in [3.05, 3.63) is 71.8 Å². The van der Waals surface area contributed by atoms with E-state index < -0.39 is 23.5 Å². The molecule has 0 amide bonds. The summed E-state index contributed by atoms with van der Waals surface area (Å²) in [5, 5.41) is 20.9. The van der Waals surface area contributed by atoms with Crippen molar-refractivity contribution in [2.45, 2.75) is 245 Å². The molecular formula is C54H86BaO10. The summed E-state index contributed by atoms with van der Waals surface area (Å²) in [6.07, 6.45) is 28.4. The van der Waals surface area contributed by atoms with Gasteiger partial charge >= 0.3 is 60.8 Å². The molecule has 2 rings (SSSR count). The van der Waals surface area contributed by atoms with Gasteiger partial charge in [0.15, 0.2) is 0 Å². The van der Waals surface area contributed by atoms with Gasteiger partial charge in [-0.3, -0.25) is 9.59 Å². The molecule has 2 atom stereocenters. The number of ether oxygens (including phenoxy) is 4. The van der Waals surface area contributed by atoms with E-state index in [1.807, 2.05) is 60.7 Å². The van der Waals surface area contributed by atoms with Crippen molar-refractivity contribution in [1.29, 1.82) is 0 Å². The van der Waals surface area contributed by atoms with E-state index in [1.54, 1.807) is 0 Å². The Morgan fingerprint density at radius 1 is 0.415 bits per heavy atom.